The van der Waals surface area contributed by atoms with Crippen LogP contribution in [0.2, 0.25) is 0 Å². The van der Waals surface area contributed by atoms with Crippen molar-refractivity contribution < 1.29 is 4.79 Å². The molecule has 1 aliphatic rings. The number of nitrogens with zero attached hydrogens (tertiary/aromatic N) is 4. The highest BCUT2D eigenvalue weighted by Gasteiger charge is 2.32. The summed E-state index contributed by atoms with van der Waals surface area (Å²) in [5.74, 6) is 0.952. The van der Waals surface area contributed by atoms with Gasteiger partial charge >= 0.3 is 0 Å². The summed E-state index contributed by atoms with van der Waals surface area (Å²) in [6.45, 7) is 9.75. The molecule has 1 aliphatic heterocycles. The fourth-order valence-electron chi connectivity index (χ4n) is 4.04. The van der Waals surface area contributed by atoms with Crippen LogP contribution in [-0.2, 0) is 6.54 Å². The number of carbonyl (C=O) groups excluding carboxylic acids is 1. The highest BCUT2D eigenvalue weighted by atomic mass is 16.2. The molecule has 1 amide bonds. The van der Waals surface area contributed by atoms with Crippen molar-refractivity contribution in [3.8, 4) is 0 Å². The summed E-state index contributed by atoms with van der Waals surface area (Å²) >= 11 is 0. The maximum atomic E-state index is 13.3. The van der Waals surface area contributed by atoms with Crippen molar-refractivity contribution >= 4 is 16.9 Å². The lowest BCUT2D eigenvalue weighted by molar-refractivity contribution is 0.0600. The normalized spacial score (nSPS) is 17.6. The van der Waals surface area contributed by atoms with E-state index < -0.39 is 0 Å². The fourth-order valence-corrected chi connectivity index (χ4v) is 4.04. The van der Waals surface area contributed by atoms with Crippen LogP contribution < -0.4 is 0 Å². The van der Waals surface area contributed by atoms with E-state index in [2.05, 4.69) is 36.1 Å². The fraction of sp³-hybridized carbons (Fsp3) is 0.476. The number of rotatable bonds is 3. The van der Waals surface area contributed by atoms with E-state index in [0.717, 1.165) is 54.9 Å². The van der Waals surface area contributed by atoms with Gasteiger partial charge in [0.2, 0.25) is 0 Å². The molecule has 1 saturated heterocycles. The Morgan fingerprint density at radius 1 is 1.22 bits per heavy atom. The highest BCUT2D eigenvalue weighted by molar-refractivity contribution is 5.95. The van der Waals surface area contributed by atoms with Crippen LogP contribution in [0.5, 0.6) is 0 Å². The van der Waals surface area contributed by atoms with E-state index in [9.17, 15) is 4.79 Å². The number of hydrogen-bond acceptors (Lipinski definition) is 3. The van der Waals surface area contributed by atoms with Gasteiger partial charge in [-0.3, -0.25) is 9.48 Å². The summed E-state index contributed by atoms with van der Waals surface area (Å²) in [7, 11) is 0. The molecule has 6 heteroatoms. The molecule has 0 unspecified atom stereocenters. The zero-order valence-corrected chi connectivity index (χ0v) is 16.5. The summed E-state index contributed by atoms with van der Waals surface area (Å²) in [5, 5.41) is 4.35. The Morgan fingerprint density at radius 3 is 2.74 bits per heavy atom. The molecule has 4 rings (SSSR count). The Morgan fingerprint density at radius 2 is 2.00 bits per heavy atom. The topological polar surface area (TPSA) is 66.8 Å². The van der Waals surface area contributed by atoms with Crippen molar-refractivity contribution in [3.63, 3.8) is 0 Å². The second kappa shape index (κ2) is 6.83. The van der Waals surface area contributed by atoms with E-state index in [4.69, 9.17) is 4.98 Å². The number of H-pyrrole nitrogens is 1. The van der Waals surface area contributed by atoms with Crippen molar-refractivity contribution in [2.45, 2.75) is 59.5 Å². The number of aromatic nitrogens is 4. The molecule has 1 N–H and O–H groups in total. The molecule has 3 aromatic rings. The molecule has 1 fully saturated rings. The minimum Gasteiger partial charge on any atom is -0.340 e. The molecule has 0 bridgehead atoms. The van der Waals surface area contributed by atoms with E-state index in [1.807, 2.05) is 23.4 Å². The molecule has 0 aliphatic carbocycles. The lowest BCUT2D eigenvalue weighted by Crippen LogP contribution is -2.39. The first kappa shape index (κ1) is 17.8. The molecule has 6 nitrogen and oxygen atoms in total. The number of fused-ring (bicyclic) bond motifs is 1. The molecule has 0 saturated carbocycles. The Kier molecular flexibility index (Phi) is 4.50. The van der Waals surface area contributed by atoms with Crippen LogP contribution in [0.1, 0.15) is 65.2 Å². The summed E-state index contributed by atoms with van der Waals surface area (Å²) in [6.07, 6.45) is 4.78. The Labute approximate surface area is 159 Å². The van der Waals surface area contributed by atoms with E-state index in [1.54, 1.807) is 6.20 Å². The van der Waals surface area contributed by atoms with E-state index in [-0.39, 0.29) is 11.9 Å². The first-order valence-corrected chi connectivity index (χ1v) is 9.79. The van der Waals surface area contributed by atoms with Gasteiger partial charge in [-0.1, -0.05) is 0 Å². The zero-order valence-electron chi connectivity index (χ0n) is 16.5. The molecule has 1 atom stereocenters. The number of benzene rings is 1. The molecule has 2 aromatic heterocycles. The number of hydrogen-bond donors (Lipinski definition) is 1. The van der Waals surface area contributed by atoms with Crippen molar-refractivity contribution in [2.24, 2.45) is 0 Å². The number of imidazole rings is 1. The second-order valence-corrected chi connectivity index (χ2v) is 7.55. The minimum atomic E-state index is -0.0105. The third-order valence-corrected chi connectivity index (χ3v) is 5.83. The third kappa shape index (κ3) is 3.03. The monoisotopic (exact) mass is 365 g/mol. The molecular weight excluding hydrogens is 338 g/mol. The number of aryl methyl sites for hydroxylation is 3. The van der Waals surface area contributed by atoms with Gasteiger partial charge in [-0.25, -0.2) is 4.98 Å². The van der Waals surface area contributed by atoms with Gasteiger partial charge in [-0.05, 0) is 70.2 Å². The number of carbonyl (C=O) groups is 1. The zero-order chi connectivity index (χ0) is 19.1. The van der Waals surface area contributed by atoms with Gasteiger partial charge in [0, 0.05) is 18.8 Å². The Bertz CT molecular complexity index is 961. The molecular formula is C21H27N5O. The van der Waals surface area contributed by atoms with Crippen LogP contribution in [-0.4, -0.2) is 37.1 Å². The van der Waals surface area contributed by atoms with Gasteiger partial charge in [0.05, 0.1) is 28.8 Å². The molecule has 0 radical (unpaired) electrons. The van der Waals surface area contributed by atoms with Crippen LogP contribution >= 0.6 is 0 Å². The van der Waals surface area contributed by atoms with Crippen LogP contribution in [0, 0.1) is 20.8 Å². The average molecular weight is 365 g/mol. The average Bonchev–Trinajstić information content (AvgIpc) is 3.24. The lowest BCUT2D eigenvalue weighted by Gasteiger charge is -2.34. The number of nitrogens with one attached hydrogen (secondary N) is 1. The Hall–Kier alpha value is -2.63. The van der Waals surface area contributed by atoms with Crippen LogP contribution in [0.25, 0.3) is 11.0 Å². The predicted octanol–water partition coefficient (Wildman–Crippen LogP) is 4.07. The van der Waals surface area contributed by atoms with Crippen LogP contribution in [0.15, 0.2) is 18.3 Å². The molecule has 1 aromatic carbocycles. The van der Waals surface area contributed by atoms with Gasteiger partial charge in [0.25, 0.3) is 5.91 Å². The second-order valence-electron chi connectivity index (χ2n) is 7.55. The predicted molar refractivity (Wildman–Crippen MR) is 106 cm³/mol. The summed E-state index contributed by atoms with van der Waals surface area (Å²) in [6, 6.07) is 4.25. The lowest BCUT2D eigenvalue weighted by atomic mass is 10.0. The standard InChI is InChI=1S/C21H27N5O/c1-5-26-15(4)16(12-22-26)21(27)25-9-7-6-8-19(25)20-23-17-10-13(2)14(3)11-18(17)24-20/h10-12,19H,5-9H2,1-4H3,(H,23,24)/t19-/m0/s1. The SMILES string of the molecule is CCn1ncc(C(=O)N2CCCC[C@H]2c2nc3cc(C)c(C)cc3[nH]2)c1C. The molecule has 27 heavy (non-hydrogen) atoms. The van der Waals surface area contributed by atoms with Crippen molar-refractivity contribution in [1.82, 2.24) is 24.6 Å². The van der Waals surface area contributed by atoms with E-state index in [0.29, 0.717) is 5.56 Å². The summed E-state index contributed by atoms with van der Waals surface area (Å²) in [5.41, 5.74) is 6.13. The number of aromatic amines is 1. The number of amides is 1. The smallest absolute Gasteiger partial charge is 0.257 e. The van der Waals surface area contributed by atoms with E-state index >= 15 is 0 Å². The minimum absolute atomic E-state index is 0.0105. The van der Waals surface area contributed by atoms with E-state index in [1.165, 1.54) is 11.1 Å². The van der Waals surface area contributed by atoms with Crippen molar-refractivity contribution in [2.75, 3.05) is 6.54 Å². The maximum absolute atomic E-state index is 13.3. The van der Waals surface area contributed by atoms with Gasteiger partial charge in [0.15, 0.2) is 0 Å². The molecule has 0 spiro atoms. The molecule has 3 heterocycles. The van der Waals surface area contributed by atoms with Gasteiger partial charge < -0.3 is 9.88 Å². The quantitative estimate of drug-likeness (QED) is 0.761. The van der Waals surface area contributed by atoms with Gasteiger partial charge in [-0.2, -0.15) is 5.10 Å². The largest absolute Gasteiger partial charge is 0.340 e. The number of piperidine rings is 1. The first-order valence-electron chi connectivity index (χ1n) is 9.79. The first-order chi connectivity index (χ1) is 13.0. The summed E-state index contributed by atoms with van der Waals surface area (Å²) in [4.78, 5) is 23.6. The van der Waals surface area contributed by atoms with Crippen molar-refractivity contribution in [1.29, 1.82) is 0 Å². The number of likely N-dealkylation sites (tertiary alicyclic amines) is 1. The van der Waals surface area contributed by atoms with Gasteiger partial charge in [0.1, 0.15) is 5.82 Å². The highest BCUT2D eigenvalue weighted by Crippen LogP contribution is 2.32. The van der Waals surface area contributed by atoms with Crippen molar-refractivity contribution in [3.05, 3.63) is 46.5 Å². The summed E-state index contributed by atoms with van der Waals surface area (Å²) < 4.78 is 1.87. The molecule has 142 valence electrons. The Balaban J connectivity index is 1.70. The van der Waals surface area contributed by atoms with Gasteiger partial charge in [-0.15, -0.1) is 0 Å². The van der Waals surface area contributed by atoms with Crippen LogP contribution in [0.3, 0.4) is 0 Å². The third-order valence-electron chi connectivity index (χ3n) is 5.83. The van der Waals surface area contributed by atoms with Crippen LogP contribution in [0.4, 0.5) is 0 Å². The maximum Gasteiger partial charge on any atom is 0.257 e.